The van der Waals surface area contributed by atoms with E-state index >= 15 is 0 Å². The molecule has 1 heterocycles. The van der Waals surface area contributed by atoms with Crippen LogP contribution in [0.15, 0.2) is 48.5 Å². The summed E-state index contributed by atoms with van der Waals surface area (Å²) in [5.41, 5.74) is 2.42. The first kappa shape index (κ1) is 18.7. The summed E-state index contributed by atoms with van der Waals surface area (Å²) in [6.07, 6.45) is 3.04. The van der Waals surface area contributed by atoms with E-state index in [1.165, 1.54) is 11.1 Å². The Morgan fingerprint density at radius 3 is 2.46 bits per heavy atom. The van der Waals surface area contributed by atoms with Gasteiger partial charge in [0.15, 0.2) is 0 Å². The van der Waals surface area contributed by atoms with E-state index in [9.17, 15) is 5.11 Å². The molecule has 0 spiro atoms. The van der Waals surface area contributed by atoms with Gasteiger partial charge >= 0.3 is 0 Å². The summed E-state index contributed by atoms with van der Waals surface area (Å²) in [4.78, 5) is 2.46. The molecule has 0 amide bonds. The zero-order valence-electron chi connectivity index (χ0n) is 15.8. The Hall–Kier alpha value is -2.04. The van der Waals surface area contributed by atoms with Gasteiger partial charge in [0.05, 0.1) is 20.8 Å². The highest BCUT2D eigenvalue weighted by Gasteiger charge is 2.35. The number of likely N-dealkylation sites (tertiary alicyclic amines) is 1. The van der Waals surface area contributed by atoms with E-state index in [1.54, 1.807) is 14.2 Å². The molecule has 3 rings (SSSR count). The largest absolute Gasteiger partial charge is 0.497 e. The molecule has 140 valence electrons. The Morgan fingerprint density at radius 1 is 1.00 bits per heavy atom. The minimum absolute atomic E-state index is 0.0862. The van der Waals surface area contributed by atoms with E-state index < -0.39 is 0 Å². The molecule has 2 aromatic rings. The van der Waals surface area contributed by atoms with Crippen molar-refractivity contribution in [2.24, 2.45) is 5.41 Å². The average molecular weight is 355 g/mol. The Balaban J connectivity index is 1.69. The van der Waals surface area contributed by atoms with Crippen LogP contribution in [0.2, 0.25) is 0 Å². The molecular weight excluding hydrogens is 326 g/mol. The first-order chi connectivity index (χ1) is 12.7. The maximum Gasteiger partial charge on any atom is 0.119 e. The zero-order valence-corrected chi connectivity index (χ0v) is 15.8. The van der Waals surface area contributed by atoms with Gasteiger partial charge in [-0.1, -0.05) is 24.3 Å². The molecule has 0 radical (unpaired) electrons. The van der Waals surface area contributed by atoms with Crippen molar-refractivity contribution in [3.8, 4) is 11.5 Å². The number of hydrogen-bond donors (Lipinski definition) is 1. The van der Waals surface area contributed by atoms with Crippen LogP contribution >= 0.6 is 0 Å². The Bertz CT molecular complexity index is 701. The number of aliphatic hydroxyl groups excluding tert-OH is 1. The van der Waals surface area contributed by atoms with Crippen LogP contribution in [-0.4, -0.2) is 43.9 Å². The fraction of sp³-hybridized carbons (Fsp3) is 0.455. The number of piperidine rings is 1. The van der Waals surface area contributed by atoms with Crippen LogP contribution in [0.5, 0.6) is 11.5 Å². The van der Waals surface area contributed by atoms with Gasteiger partial charge in [0.2, 0.25) is 0 Å². The lowest BCUT2D eigenvalue weighted by Crippen LogP contribution is -2.46. The third-order valence-electron chi connectivity index (χ3n) is 5.35. The van der Waals surface area contributed by atoms with E-state index in [-0.39, 0.29) is 12.0 Å². The first-order valence-electron chi connectivity index (χ1n) is 9.25. The standard InChI is InChI=1S/C22H29NO3/c1-25-20-9-7-18(8-10-20)15-23-12-4-11-22(16-23,17-24)14-19-5-3-6-21(13-19)26-2/h3,5-10,13,24H,4,11-12,14-17H2,1-2H3/t22-/m0/s1. The van der Waals surface area contributed by atoms with Crippen LogP contribution in [0, 0.1) is 5.41 Å². The van der Waals surface area contributed by atoms with Crippen LogP contribution in [0.1, 0.15) is 24.0 Å². The van der Waals surface area contributed by atoms with E-state index in [1.807, 2.05) is 24.3 Å². The predicted octanol–water partition coefficient (Wildman–Crippen LogP) is 3.52. The molecule has 1 aliphatic heterocycles. The third kappa shape index (κ3) is 4.57. The van der Waals surface area contributed by atoms with Gasteiger partial charge in [0.25, 0.3) is 0 Å². The number of ether oxygens (including phenoxy) is 2. The lowest BCUT2D eigenvalue weighted by atomic mass is 9.75. The van der Waals surface area contributed by atoms with Gasteiger partial charge in [0, 0.05) is 18.5 Å². The van der Waals surface area contributed by atoms with Gasteiger partial charge < -0.3 is 14.6 Å². The van der Waals surface area contributed by atoms with Gasteiger partial charge in [-0.25, -0.2) is 0 Å². The van der Waals surface area contributed by atoms with Gasteiger partial charge in [0.1, 0.15) is 11.5 Å². The maximum absolute atomic E-state index is 10.2. The SMILES string of the molecule is COc1ccc(CN2CCC[C@](CO)(Cc3cccc(OC)c3)C2)cc1. The van der Waals surface area contributed by atoms with Gasteiger partial charge in [-0.05, 0) is 61.2 Å². The molecule has 26 heavy (non-hydrogen) atoms. The van der Waals surface area contributed by atoms with Crippen LogP contribution < -0.4 is 9.47 Å². The minimum atomic E-state index is -0.0862. The van der Waals surface area contributed by atoms with Crippen molar-refractivity contribution in [1.29, 1.82) is 0 Å². The van der Waals surface area contributed by atoms with Crippen molar-refractivity contribution in [2.45, 2.75) is 25.8 Å². The molecule has 0 saturated carbocycles. The van der Waals surface area contributed by atoms with Crippen molar-refractivity contribution < 1.29 is 14.6 Å². The van der Waals surface area contributed by atoms with Crippen LogP contribution in [0.4, 0.5) is 0 Å². The molecule has 1 fully saturated rings. The Morgan fingerprint density at radius 2 is 1.77 bits per heavy atom. The number of nitrogens with zero attached hydrogens (tertiary/aromatic N) is 1. The lowest BCUT2D eigenvalue weighted by Gasteiger charge is -2.42. The lowest BCUT2D eigenvalue weighted by molar-refractivity contribution is 0.0288. The molecule has 0 aromatic heterocycles. The normalized spacial score (nSPS) is 20.7. The molecule has 2 aromatic carbocycles. The fourth-order valence-corrected chi connectivity index (χ4v) is 3.98. The van der Waals surface area contributed by atoms with Crippen molar-refractivity contribution in [1.82, 2.24) is 4.90 Å². The molecular formula is C22H29NO3. The maximum atomic E-state index is 10.2. The summed E-state index contributed by atoms with van der Waals surface area (Å²) in [5.74, 6) is 1.76. The van der Waals surface area contributed by atoms with E-state index in [4.69, 9.17) is 9.47 Å². The highest BCUT2D eigenvalue weighted by molar-refractivity contribution is 5.30. The summed E-state index contributed by atoms with van der Waals surface area (Å²) in [7, 11) is 3.38. The van der Waals surface area contributed by atoms with Crippen LogP contribution in [-0.2, 0) is 13.0 Å². The molecule has 1 aliphatic rings. The highest BCUT2D eigenvalue weighted by Crippen LogP contribution is 2.34. The van der Waals surface area contributed by atoms with Gasteiger partial charge in [-0.3, -0.25) is 4.90 Å². The quantitative estimate of drug-likeness (QED) is 0.825. The molecule has 1 saturated heterocycles. The van der Waals surface area contributed by atoms with Crippen molar-refractivity contribution in [2.75, 3.05) is 33.9 Å². The van der Waals surface area contributed by atoms with Crippen molar-refractivity contribution >= 4 is 0 Å². The summed E-state index contributed by atoms with van der Waals surface area (Å²) in [6.45, 7) is 3.10. The molecule has 4 nitrogen and oxygen atoms in total. The second kappa shape index (κ2) is 8.56. The summed E-state index contributed by atoms with van der Waals surface area (Å²) >= 11 is 0. The molecule has 4 heteroatoms. The molecule has 0 aliphatic carbocycles. The van der Waals surface area contributed by atoms with Crippen LogP contribution in [0.3, 0.4) is 0 Å². The molecule has 0 unspecified atom stereocenters. The minimum Gasteiger partial charge on any atom is -0.497 e. The van der Waals surface area contributed by atoms with Crippen LogP contribution in [0.25, 0.3) is 0 Å². The van der Waals surface area contributed by atoms with Crippen molar-refractivity contribution in [3.05, 3.63) is 59.7 Å². The fourth-order valence-electron chi connectivity index (χ4n) is 3.98. The second-order valence-corrected chi connectivity index (χ2v) is 7.35. The third-order valence-corrected chi connectivity index (χ3v) is 5.35. The van der Waals surface area contributed by atoms with E-state index in [2.05, 4.69) is 29.2 Å². The second-order valence-electron chi connectivity index (χ2n) is 7.35. The number of methoxy groups -OCH3 is 2. The average Bonchev–Trinajstić information content (AvgIpc) is 2.69. The Kier molecular flexibility index (Phi) is 6.17. The van der Waals surface area contributed by atoms with Gasteiger partial charge in [-0.2, -0.15) is 0 Å². The highest BCUT2D eigenvalue weighted by atomic mass is 16.5. The summed E-state index contributed by atoms with van der Waals surface area (Å²) in [5, 5.41) is 10.2. The Labute approximate surface area is 156 Å². The monoisotopic (exact) mass is 355 g/mol. The zero-order chi connectivity index (χ0) is 18.4. The number of benzene rings is 2. The smallest absolute Gasteiger partial charge is 0.119 e. The number of hydrogen-bond acceptors (Lipinski definition) is 4. The summed E-state index contributed by atoms with van der Waals surface area (Å²) < 4.78 is 10.6. The first-order valence-corrected chi connectivity index (χ1v) is 9.25. The molecule has 1 atom stereocenters. The van der Waals surface area contributed by atoms with Gasteiger partial charge in [-0.15, -0.1) is 0 Å². The predicted molar refractivity (Wildman–Crippen MR) is 104 cm³/mol. The van der Waals surface area contributed by atoms with E-state index in [0.29, 0.717) is 0 Å². The molecule has 0 bridgehead atoms. The topological polar surface area (TPSA) is 41.9 Å². The summed E-state index contributed by atoms with van der Waals surface area (Å²) in [6, 6.07) is 16.5. The van der Waals surface area contributed by atoms with Crippen molar-refractivity contribution in [3.63, 3.8) is 0 Å². The molecule has 1 N–H and O–H groups in total. The number of rotatable bonds is 7. The number of aliphatic hydroxyl groups is 1. The van der Waals surface area contributed by atoms with E-state index in [0.717, 1.165) is 50.4 Å².